The van der Waals surface area contributed by atoms with Crippen LogP contribution >= 0.6 is 0 Å². The molecule has 0 saturated heterocycles. The largest absolute Gasteiger partial charge is 0.491 e. The molecule has 0 aromatic heterocycles. The first-order valence-electron chi connectivity index (χ1n) is 4.75. The number of alkyl halides is 3. The quantitative estimate of drug-likeness (QED) is 0.715. The number of esters is 1. The average molecular weight is 240 g/mol. The second-order valence-electron chi connectivity index (χ2n) is 3.36. The van der Waals surface area contributed by atoms with Crippen LogP contribution in [0.1, 0.15) is 0 Å². The molecule has 88 valence electrons. The van der Waals surface area contributed by atoms with E-state index in [-0.39, 0.29) is 5.75 Å². The Kier molecular flexibility index (Phi) is 2.75. The van der Waals surface area contributed by atoms with E-state index in [0.29, 0.717) is 11.1 Å². The van der Waals surface area contributed by atoms with E-state index in [9.17, 15) is 18.0 Å². The summed E-state index contributed by atoms with van der Waals surface area (Å²) < 4.78 is 40.4. The Morgan fingerprint density at radius 1 is 1.00 bits per heavy atom. The number of carbonyl (C=O) groups excluding carboxylic acids is 1. The van der Waals surface area contributed by atoms with Gasteiger partial charge in [-0.3, -0.25) is 0 Å². The summed E-state index contributed by atoms with van der Waals surface area (Å²) in [4.78, 5) is 10.7. The zero-order valence-electron chi connectivity index (χ0n) is 8.49. The highest BCUT2D eigenvalue weighted by Crippen LogP contribution is 2.34. The van der Waals surface area contributed by atoms with Crippen LogP contribution in [-0.2, 0) is 4.79 Å². The van der Waals surface area contributed by atoms with Crippen molar-refractivity contribution in [1.29, 1.82) is 0 Å². The van der Waals surface area contributed by atoms with E-state index >= 15 is 0 Å². The van der Waals surface area contributed by atoms with Crippen LogP contribution in [-0.4, -0.2) is 12.1 Å². The van der Waals surface area contributed by atoms with E-state index in [4.69, 9.17) is 0 Å². The maximum Gasteiger partial charge on any atom is 0.491 e. The summed E-state index contributed by atoms with van der Waals surface area (Å²) in [6, 6.07) is 11.4. The minimum atomic E-state index is -4.99. The first kappa shape index (κ1) is 11.4. The van der Waals surface area contributed by atoms with Crippen LogP contribution in [0.2, 0.25) is 0 Å². The van der Waals surface area contributed by atoms with Gasteiger partial charge in [-0.25, -0.2) is 4.79 Å². The smallest absolute Gasteiger partial charge is 0.419 e. The van der Waals surface area contributed by atoms with E-state index in [1.807, 2.05) is 0 Å². The molecule has 0 atom stereocenters. The summed E-state index contributed by atoms with van der Waals surface area (Å²) in [7, 11) is 0. The molecule has 0 fully saturated rings. The first-order chi connectivity index (χ1) is 7.98. The molecule has 2 aliphatic rings. The van der Waals surface area contributed by atoms with Gasteiger partial charge in [-0.05, 0) is 11.6 Å². The van der Waals surface area contributed by atoms with Crippen molar-refractivity contribution in [2.75, 3.05) is 0 Å². The minimum Gasteiger partial charge on any atom is -0.419 e. The standard InChI is InChI=1S/C12H7F3O2/c13-12(14,15)11(16)17-10-7-6-8-4-2-1-3-5-9(8)10/h1-7H. The predicted octanol–water partition coefficient (Wildman–Crippen LogP) is 3.26. The molecule has 0 heterocycles. The highest BCUT2D eigenvalue weighted by molar-refractivity contribution is 5.82. The third kappa shape index (κ3) is 2.38. The van der Waals surface area contributed by atoms with Crippen molar-refractivity contribution >= 4 is 5.97 Å². The summed E-state index contributed by atoms with van der Waals surface area (Å²) >= 11 is 0. The molecule has 5 heteroatoms. The number of hydrogen-bond acceptors (Lipinski definition) is 2. The molecule has 0 aromatic carbocycles. The highest BCUT2D eigenvalue weighted by atomic mass is 19.4. The molecule has 2 rings (SSSR count). The lowest BCUT2D eigenvalue weighted by molar-refractivity contribution is -0.189. The van der Waals surface area contributed by atoms with Crippen molar-refractivity contribution < 1.29 is 22.7 Å². The van der Waals surface area contributed by atoms with Gasteiger partial charge in [-0.2, -0.15) is 13.2 Å². The summed E-state index contributed by atoms with van der Waals surface area (Å²) in [5.41, 5.74) is 1.17. The van der Waals surface area contributed by atoms with Crippen molar-refractivity contribution in [2.45, 2.75) is 6.18 Å². The van der Waals surface area contributed by atoms with Crippen LogP contribution in [0.25, 0.3) is 11.1 Å². The number of halogens is 3. The Balaban J connectivity index is 2.31. The topological polar surface area (TPSA) is 26.3 Å². The SMILES string of the molecule is O=C(Oc1ccc2cccccc1-2)C(F)(F)F. The molecule has 0 radical (unpaired) electrons. The normalized spacial score (nSPS) is 11.5. The van der Waals surface area contributed by atoms with Crippen LogP contribution in [0.4, 0.5) is 13.2 Å². The number of hydrogen-bond donors (Lipinski definition) is 0. The Labute approximate surface area is 95.0 Å². The second-order valence-corrected chi connectivity index (χ2v) is 3.36. The molecule has 0 aliphatic heterocycles. The molecular weight excluding hydrogens is 233 g/mol. The van der Waals surface area contributed by atoms with Crippen molar-refractivity contribution in [3.63, 3.8) is 0 Å². The fraction of sp³-hybridized carbons (Fsp3) is 0.0833. The van der Waals surface area contributed by atoms with Gasteiger partial charge in [0, 0.05) is 5.56 Å². The summed E-state index contributed by atoms with van der Waals surface area (Å²) in [6.07, 6.45) is -4.99. The van der Waals surface area contributed by atoms with E-state index < -0.39 is 12.1 Å². The van der Waals surface area contributed by atoms with Crippen molar-refractivity contribution in [2.24, 2.45) is 0 Å². The van der Waals surface area contributed by atoms with Crippen LogP contribution in [0, 0.1) is 0 Å². The van der Waals surface area contributed by atoms with Crippen LogP contribution in [0.15, 0.2) is 42.5 Å². The van der Waals surface area contributed by atoms with E-state index in [2.05, 4.69) is 4.74 Å². The number of rotatable bonds is 1. The number of carbonyl (C=O) groups is 1. The maximum absolute atomic E-state index is 12.0. The Bertz CT molecular complexity index is 520. The number of ether oxygens (including phenoxy) is 1. The van der Waals surface area contributed by atoms with Crippen LogP contribution < -0.4 is 4.74 Å². The molecule has 0 N–H and O–H groups in total. The molecule has 0 bridgehead atoms. The zero-order chi connectivity index (χ0) is 12.5. The van der Waals surface area contributed by atoms with E-state index in [0.717, 1.165) is 0 Å². The van der Waals surface area contributed by atoms with Gasteiger partial charge in [0.2, 0.25) is 0 Å². The van der Waals surface area contributed by atoms with Gasteiger partial charge < -0.3 is 4.74 Å². The zero-order valence-corrected chi connectivity index (χ0v) is 8.49. The molecule has 0 spiro atoms. The van der Waals surface area contributed by atoms with Gasteiger partial charge in [0.15, 0.2) is 0 Å². The van der Waals surface area contributed by atoms with Crippen molar-refractivity contribution in [3.8, 4) is 16.9 Å². The summed E-state index contributed by atoms with van der Waals surface area (Å²) in [5, 5.41) is 0. The lowest BCUT2D eigenvalue weighted by Gasteiger charge is -2.06. The minimum absolute atomic E-state index is 0.0847. The fourth-order valence-electron chi connectivity index (χ4n) is 1.43. The summed E-state index contributed by atoms with van der Waals surface area (Å²) in [6.45, 7) is 0. The Morgan fingerprint density at radius 2 is 1.71 bits per heavy atom. The summed E-state index contributed by atoms with van der Waals surface area (Å²) in [5.74, 6) is -2.30. The van der Waals surface area contributed by atoms with Crippen molar-refractivity contribution in [3.05, 3.63) is 42.5 Å². The first-order valence-corrected chi connectivity index (χ1v) is 4.75. The van der Waals surface area contributed by atoms with Gasteiger partial charge >= 0.3 is 12.1 Å². The van der Waals surface area contributed by atoms with E-state index in [1.165, 1.54) is 6.07 Å². The molecule has 2 nitrogen and oxygen atoms in total. The van der Waals surface area contributed by atoms with Gasteiger partial charge in [0.25, 0.3) is 0 Å². The monoisotopic (exact) mass is 240 g/mol. The lowest BCUT2D eigenvalue weighted by atomic mass is 10.2. The third-order valence-corrected chi connectivity index (χ3v) is 2.19. The van der Waals surface area contributed by atoms with Crippen LogP contribution in [0.5, 0.6) is 5.75 Å². The van der Waals surface area contributed by atoms with Gasteiger partial charge in [-0.15, -0.1) is 0 Å². The Hall–Kier alpha value is -2.04. The number of fused-ring (bicyclic) bond motifs is 1. The van der Waals surface area contributed by atoms with Crippen LogP contribution in [0.3, 0.4) is 0 Å². The highest BCUT2D eigenvalue weighted by Gasteiger charge is 2.41. The van der Waals surface area contributed by atoms with Gasteiger partial charge in [0.05, 0.1) is 0 Å². The second kappa shape index (κ2) is 4.08. The fourth-order valence-corrected chi connectivity index (χ4v) is 1.43. The molecular formula is C12H7F3O2. The maximum atomic E-state index is 12.0. The van der Waals surface area contributed by atoms with Gasteiger partial charge in [0.1, 0.15) is 5.75 Å². The average Bonchev–Trinajstić information content (AvgIpc) is 2.48. The third-order valence-electron chi connectivity index (χ3n) is 2.19. The van der Waals surface area contributed by atoms with E-state index in [1.54, 1.807) is 36.4 Å². The molecule has 0 saturated carbocycles. The molecule has 0 amide bonds. The molecule has 17 heavy (non-hydrogen) atoms. The van der Waals surface area contributed by atoms with Crippen molar-refractivity contribution in [1.82, 2.24) is 0 Å². The molecule has 0 unspecified atom stereocenters. The Morgan fingerprint density at radius 3 is 2.41 bits per heavy atom. The molecule has 0 aromatic rings. The van der Waals surface area contributed by atoms with Gasteiger partial charge in [-0.1, -0.05) is 36.4 Å². The molecule has 2 aliphatic carbocycles. The lowest BCUT2D eigenvalue weighted by Crippen LogP contribution is -2.27. The predicted molar refractivity (Wildman–Crippen MR) is 54.8 cm³/mol.